The fourth-order valence-corrected chi connectivity index (χ4v) is 3.20. The summed E-state index contributed by atoms with van der Waals surface area (Å²) in [6.45, 7) is 0.848. The molecule has 1 N–H and O–H groups in total. The number of rotatable bonds is 2. The highest BCUT2D eigenvalue weighted by molar-refractivity contribution is 7.79. The van der Waals surface area contributed by atoms with E-state index in [1.807, 2.05) is 4.90 Å². The zero-order valence-corrected chi connectivity index (χ0v) is 10.3. The highest BCUT2D eigenvalue weighted by Gasteiger charge is 2.31. The molecule has 90 valence electrons. The van der Waals surface area contributed by atoms with Crippen molar-refractivity contribution < 1.29 is 9.90 Å². The van der Waals surface area contributed by atoms with Crippen LogP contribution in [0.3, 0.4) is 0 Å². The van der Waals surface area contributed by atoms with Crippen LogP contribution in [0, 0.1) is 5.92 Å². The number of carbonyl (C=O) groups excluding carboxylic acids is 1. The van der Waals surface area contributed by atoms with Crippen molar-refractivity contribution in [3.63, 3.8) is 0 Å². The van der Waals surface area contributed by atoms with E-state index < -0.39 is 0 Å². The van der Waals surface area contributed by atoms with E-state index in [1.165, 1.54) is 6.42 Å². The molecule has 0 amide bonds. The maximum absolute atomic E-state index is 11.6. The monoisotopic (exact) mass is 241 g/mol. The summed E-state index contributed by atoms with van der Waals surface area (Å²) < 4.78 is 0. The minimum atomic E-state index is 0.00939. The van der Waals surface area contributed by atoms with Gasteiger partial charge < -0.3 is 10.0 Å². The molecule has 16 heavy (non-hydrogen) atoms. The van der Waals surface area contributed by atoms with Gasteiger partial charge >= 0.3 is 0 Å². The summed E-state index contributed by atoms with van der Waals surface area (Å²) in [4.78, 5) is 13.5. The Bertz CT molecular complexity index is 293. The topological polar surface area (TPSA) is 40.5 Å². The number of ketones is 1. The minimum absolute atomic E-state index is 0.00939. The third kappa shape index (κ3) is 2.54. The van der Waals surface area contributed by atoms with Crippen LogP contribution in [0.1, 0.15) is 44.9 Å². The molecule has 2 rings (SSSR count). The number of Topliss-reactive ketones (excluding diaryl/α,β-unsaturated/α-hetero) is 1. The first kappa shape index (κ1) is 11.8. The molecular formula is C12H19NO2S. The van der Waals surface area contributed by atoms with Crippen LogP contribution in [0.15, 0.2) is 0 Å². The number of aliphatic hydroxyl groups excluding tert-OH is 1. The van der Waals surface area contributed by atoms with E-state index in [9.17, 15) is 9.90 Å². The number of hydrogen-bond donors (Lipinski definition) is 1. The van der Waals surface area contributed by atoms with Gasteiger partial charge in [0.1, 0.15) is 5.78 Å². The molecule has 0 radical (unpaired) electrons. The maximum Gasteiger partial charge on any atom is 0.257 e. The van der Waals surface area contributed by atoms with Gasteiger partial charge in [-0.15, -0.1) is 0 Å². The predicted octanol–water partition coefficient (Wildman–Crippen LogP) is 2.44. The molecule has 0 aromatic heterocycles. The van der Waals surface area contributed by atoms with E-state index in [0.717, 1.165) is 45.1 Å². The Morgan fingerprint density at radius 1 is 1.38 bits per heavy atom. The van der Waals surface area contributed by atoms with Crippen LogP contribution in [0.25, 0.3) is 0 Å². The number of hydrogen-bond acceptors (Lipinski definition) is 2. The van der Waals surface area contributed by atoms with Crippen LogP contribution in [0.5, 0.6) is 0 Å². The summed E-state index contributed by atoms with van der Waals surface area (Å²) in [5, 5.41) is 9.47. The van der Waals surface area contributed by atoms with Gasteiger partial charge in [0.05, 0.1) is 0 Å². The Morgan fingerprint density at radius 2 is 2.19 bits per heavy atom. The highest BCUT2D eigenvalue weighted by Crippen LogP contribution is 2.30. The smallest absolute Gasteiger partial charge is 0.257 e. The fraction of sp³-hybridized carbons (Fsp3) is 0.833. The maximum atomic E-state index is 11.6. The molecule has 2 fully saturated rings. The lowest BCUT2D eigenvalue weighted by atomic mass is 9.91. The number of thiocarbonyl (C=S) groups is 1. The summed E-state index contributed by atoms with van der Waals surface area (Å²) >= 11 is 4.86. The van der Waals surface area contributed by atoms with E-state index in [4.69, 9.17) is 12.2 Å². The van der Waals surface area contributed by atoms with Crippen molar-refractivity contribution in [2.24, 2.45) is 5.92 Å². The molecule has 2 unspecified atom stereocenters. The van der Waals surface area contributed by atoms with Gasteiger partial charge in [-0.1, -0.05) is 0 Å². The zero-order chi connectivity index (χ0) is 11.5. The Hall–Kier alpha value is -0.640. The van der Waals surface area contributed by atoms with Crippen LogP contribution in [0.4, 0.5) is 0 Å². The van der Waals surface area contributed by atoms with Gasteiger partial charge in [0.25, 0.3) is 5.17 Å². The molecule has 0 spiro atoms. The van der Waals surface area contributed by atoms with E-state index in [0.29, 0.717) is 11.8 Å². The highest BCUT2D eigenvalue weighted by atomic mass is 32.1. The summed E-state index contributed by atoms with van der Waals surface area (Å²) in [5.41, 5.74) is 0. The number of aliphatic hydroxyl groups is 1. The molecule has 1 aliphatic heterocycles. The van der Waals surface area contributed by atoms with Crippen molar-refractivity contribution in [1.29, 1.82) is 0 Å². The molecule has 0 bridgehead atoms. The third-order valence-electron chi connectivity index (χ3n) is 3.86. The van der Waals surface area contributed by atoms with Crippen molar-refractivity contribution in [3.8, 4) is 0 Å². The molecular weight excluding hydrogens is 222 g/mol. The van der Waals surface area contributed by atoms with Gasteiger partial charge in [-0.3, -0.25) is 4.79 Å². The SMILES string of the molecule is O=C1CCCC1CC1CCCCN1C(O)=S. The quantitative estimate of drug-likeness (QED) is 0.754. The average Bonchev–Trinajstić information content (AvgIpc) is 2.65. The van der Waals surface area contributed by atoms with Crippen molar-refractivity contribution >= 4 is 23.2 Å². The normalized spacial score (nSPS) is 30.8. The lowest BCUT2D eigenvalue weighted by molar-refractivity contribution is -0.121. The second kappa shape index (κ2) is 5.13. The summed E-state index contributed by atoms with van der Waals surface area (Å²) in [7, 11) is 0. The van der Waals surface area contributed by atoms with E-state index in [-0.39, 0.29) is 11.1 Å². The Morgan fingerprint density at radius 3 is 2.81 bits per heavy atom. The molecule has 1 heterocycles. The van der Waals surface area contributed by atoms with Gasteiger partial charge in [-0.25, -0.2) is 0 Å². The molecule has 1 saturated heterocycles. The van der Waals surface area contributed by atoms with Crippen LogP contribution in [0.2, 0.25) is 0 Å². The van der Waals surface area contributed by atoms with Gasteiger partial charge in [-0.05, 0) is 50.7 Å². The first-order valence-corrected chi connectivity index (χ1v) is 6.61. The van der Waals surface area contributed by atoms with Crippen LogP contribution < -0.4 is 0 Å². The second-order valence-corrected chi connectivity index (χ2v) is 5.28. The fourth-order valence-electron chi connectivity index (χ4n) is 2.96. The first-order valence-electron chi connectivity index (χ1n) is 6.21. The molecule has 1 saturated carbocycles. The van der Waals surface area contributed by atoms with Gasteiger partial charge in [0, 0.05) is 24.9 Å². The second-order valence-electron chi connectivity index (χ2n) is 4.92. The van der Waals surface area contributed by atoms with Crippen molar-refractivity contribution in [1.82, 2.24) is 4.90 Å². The Labute approximate surface area is 102 Å². The van der Waals surface area contributed by atoms with Gasteiger partial charge in [0.15, 0.2) is 0 Å². The molecule has 0 aromatic rings. The largest absolute Gasteiger partial charge is 0.486 e. The van der Waals surface area contributed by atoms with E-state index >= 15 is 0 Å². The van der Waals surface area contributed by atoms with E-state index in [2.05, 4.69) is 0 Å². The molecule has 3 nitrogen and oxygen atoms in total. The summed E-state index contributed by atoms with van der Waals surface area (Å²) in [5.74, 6) is 0.634. The minimum Gasteiger partial charge on any atom is -0.486 e. The molecule has 2 aliphatic rings. The van der Waals surface area contributed by atoms with Crippen LogP contribution >= 0.6 is 12.2 Å². The van der Waals surface area contributed by atoms with E-state index in [1.54, 1.807) is 0 Å². The first-order chi connectivity index (χ1) is 7.68. The molecule has 4 heteroatoms. The Kier molecular flexibility index (Phi) is 3.79. The molecule has 2 atom stereocenters. The molecule has 0 aromatic carbocycles. The van der Waals surface area contributed by atoms with Crippen molar-refractivity contribution in [2.45, 2.75) is 51.0 Å². The summed E-state index contributed by atoms with van der Waals surface area (Å²) in [6, 6.07) is 0.290. The van der Waals surface area contributed by atoms with Crippen molar-refractivity contribution in [3.05, 3.63) is 0 Å². The third-order valence-corrected chi connectivity index (χ3v) is 4.10. The number of carbonyl (C=O) groups is 1. The molecule has 1 aliphatic carbocycles. The van der Waals surface area contributed by atoms with Gasteiger partial charge in [0.2, 0.25) is 0 Å². The number of nitrogens with zero attached hydrogens (tertiary/aromatic N) is 1. The van der Waals surface area contributed by atoms with Crippen LogP contribution in [-0.2, 0) is 4.79 Å². The lowest BCUT2D eigenvalue weighted by Gasteiger charge is -2.36. The number of likely N-dealkylation sites (tertiary alicyclic amines) is 1. The van der Waals surface area contributed by atoms with Crippen LogP contribution in [-0.4, -0.2) is 33.6 Å². The Balaban J connectivity index is 1.95. The van der Waals surface area contributed by atoms with Crippen molar-refractivity contribution in [2.75, 3.05) is 6.54 Å². The average molecular weight is 241 g/mol. The summed E-state index contributed by atoms with van der Waals surface area (Å²) in [6.07, 6.45) is 7.05. The van der Waals surface area contributed by atoms with Gasteiger partial charge in [-0.2, -0.15) is 0 Å². The zero-order valence-electron chi connectivity index (χ0n) is 9.52. The standard InChI is InChI=1S/C12H19NO2S/c14-11-6-3-4-9(11)8-10-5-1-2-7-13(10)12(15)16/h9-10H,1-8H2,(H,15,16). The predicted molar refractivity (Wildman–Crippen MR) is 66.5 cm³/mol. The number of piperidine rings is 1. The lowest BCUT2D eigenvalue weighted by Crippen LogP contribution is -2.44.